The van der Waals surface area contributed by atoms with Crippen molar-refractivity contribution in [2.24, 2.45) is 7.05 Å². The second-order valence-corrected chi connectivity index (χ2v) is 7.11. The monoisotopic (exact) mass is 456 g/mol. The predicted molar refractivity (Wildman–Crippen MR) is 124 cm³/mol. The Balaban J connectivity index is 2.01. The number of para-hydroxylation sites is 1. The molecule has 33 heavy (non-hydrogen) atoms. The number of carbonyl (C=O) groups is 2. The van der Waals surface area contributed by atoms with Crippen molar-refractivity contribution < 1.29 is 18.4 Å². The maximum atomic E-state index is 12.7. The fourth-order valence-corrected chi connectivity index (χ4v) is 2.89. The average molecular weight is 457 g/mol. The van der Waals surface area contributed by atoms with Crippen LogP contribution in [0.25, 0.3) is 11.4 Å². The number of hydrogen-bond donors (Lipinski definition) is 4. The summed E-state index contributed by atoms with van der Waals surface area (Å²) in [5, 5.41) is 22.2. The molecule has 0 aliphatic rings. The second-order valence-electron chi connectivity index (χ2n) is 7.11. The molecule has 0 aliphatic heterocycles. The summed E-state index contributed by atoms with van der Waals surface area (Å²) in [6.45, 7) is 1.02. The van der Waals surface area contributed by atoms with E-state index in [0.29, 0.717) is 22.8 Å². The van der Waals surface area contributed by atoms with Crippen LogP contribution in [0.4, 0.5) is 22.0 Å². The number of hydrogen-bond acceptors (Lipinski definition) is 8. The number of nitrogens with zero attached hydrogens (tertiary/aromatic N) is 5. The van der Waals surface area contributed by atoms with Crippen LogP contribution in [0.2, 0.25) is 0 Å². The van der Waals surface area contributed by atoms with Crippen molar-refractivity contribution in [3.63, 3.8) is 0 Å². The molecule has 4 N–H and O–H groups in total. The van der Waals surface area contributed by atoms with Gasteiger partial charge in [-0.25, -0.2) is 9.78 Å². The van der Waals surface area contributed by atoms with E-state index in [9.17, 15) is 9.59 Å². The molecule has 0 saturated carbocycles. The topological polar surface area (TPSA) is 148 Å². The van der Waals surface area contributed by atoms with E-state index in [1.165, 1.54) is 13.2 Å². The lowest BCUT2D eigenvalue weighted by atomic mass is 10.1. The van der Waals surface area contributed by atoms with Crippen LogP contribution in [-0.4, -0.2) is 57.0 Å². The van der Waals surface area contributed by atoms with Crippen LogP contribution in [0.1, 0.15) is 34.9 Å². The van der Waals surface area contributed by atoms with Gasteiger partial charge in [-0.15, -0.1) is 10.2 Å². The van der Waals surface area contributed by atoms with Gasteiger partial charge >= 0.3 is 6.03 Å². The maximum absolute atomic E-state index is 12.7. The van der Waals surface area contributed by atoms with Crippen LogP contribution in [0.5, 0.6) is 5.75 Å². The third-order valence-electron chi connectivity index (χ3n) is 4.68. The zero-order valence-corrected chi connectivity index (χ0v) is 18.6. The van der Waals surface area contributed by atoms with Gasteiger partial charge in [0.2, 0.25) is 0 Å². The second kappa shape index (κ2) is 10.4. The molecule has 174 valence electrons. The number of nitrogens with one attached hydrogen (secondary N) is 4. The van der Waals surface area contributed by atoms with E-state index >= 15 is 0 Å². The van der Waals surface area contributed by atoms with E-state index in [1.807, 2.05) is 19.2 Å². The van der Waals surface area contributed by atoms with Gasteiger partial charge in [0.1, 0.15) is 6.33 Å². The first kappa shape index (κ1) is 19.5. The maximum Gasteiger partial charge on any atom is 0.320 e. The molecular weight excluding hydrogens is 426 g/mol. The molecule has 2 aromatic heterocycles. The van der Waals surface area contributed by atoms with Gasteiger partial charge in [-0.2, -0.15) is 5.10 Å². The number of methoxy groups -OCH3 is 1. The van der Waals surface area contributed by atoms with E-state index in [-0.39, 0.29) is 23.2 Å². The molecule has 12 heteroatoms. The highest BCUT2D eigenvalue weighted by Gasteiger charge is 2.19. The molecule has 1 atom stereocenters. The first-order valence-electron chi connectivity index (χ1n) is 11.6. The standard InChI is InChI=1S/C21H27N9O3/c1-6-12(2)24-21(32)26-16-10-15(17(28-27-16)20(31)22-3)25-14-9-7-8-13(18(14)33-5)19-23-11-30(4)29-19/h7-12H,6H2,1-5H3,(H,22,31)(H3,24,25,26,27,32)/i3D3. The zero-order valence-electron chi connectivity index (χ0n) is 21.6. The number of urea groups is 1. The molecule has 1 aromatic carbocycles. The molecule has 3 rings (SSSR count). The predicted octanol–water partition coefficient (Wildman–Crippen LogP) is 2.30. The third-order valence-corrected chi connectivity index (χ3v) is 4.68. The highest BCUT2D eigenvalue weighted by atomic mass is 16.5. The van der Waals surface area contributed by atoms with Crippen molar-refractivity contribution in [1.82, 2.24) is 35.6 Å². The Morgan fingerprint density at radius 3 is 2.76 bits per heavy atom. The Kier molecular flexibility index (Phi) is 6.13. The van der Waals surface area contributed by atoms with Gasteiger partial charge in [-0.05, 0) is 25.5 Å². The molecule has 0 bridgehead atoms. The molecule has 2 heterocycles. The molecular formula is C21H27N9O3. The number of benzene rings is 1. The van der Waals surface area contributed by atoms with Gasteiger partial charge in [0.25, 0.3) is 5.91 Å². The first-order valence-corrected chi connectivity index (χ1v) is 10.1. The summed E-state index contributed by atoms with van der Waals surface area (Å²) in [4.78, 5) is 29.2. The van der Waals surface area contributed by atoms with Crippen molar-refractivity contribution in [3.8, 4) is 17.1 Å². The quantitative estimate of drug-likeness (QED) is 0.404. The molecule has 0 radical (unpaired) electrons. The van der Waals surface area contributed by atoms with Gasteiger partial charge < -0.3 is 20.7 Å². The molecule has 0 saturated heterocycles. The SMILES string of the molecule is [2H]C([2H])([2H])NC(=O)c1nnc(NC(=O)NC(C)CC)cc1Nc1cccc(-c2ncn(C)n2)c1OC. The Hall–Kier alpha value is -4.22. The smallest absolute Gasteiger partial charge is 0.320 e. The number of carbonyl (C=O) groups excluding carboxylic acids is 2. The number of anilines is 3. The Morgan fingerprint density at radius 2 is 2.09 bits per heavy atom. The summed E-state index contributed by atoms with van der Waals surface area (Å²) in [6, 6.07) is 5.95. The number of aromatic nitrogens is 5. The highest BCUT2D eigenvalue weighted by Crippen LogP contribution is 2.37. The summed E-state index contributed by atoms with van der Waals surface area (Å²) < 4.78 is 29.2. The number of aryl methyl sites for hydroxylation is 1. The fourth-order valence-electron chi connectivity index (χ4n) is 2.89. The lowest BCUT2D eigenvalue weighted by molar-refractivity contribution is 0.0958. The minimum Gasteiger partial charge on any atom is -0.494 e. The molecule has 3 amide bonds. The van der Waals surface area contributed by atoms with Crippen LogP contribution in [0, 0.1) is 0 Å². The van der Waals surface area contributed by atoms with Crippen LogP contribution < -0.4 is 26.0 Å². The Morgan fingerprint density at radius 1 is 1.27 bits per heavy atom. The summed E-state index contributed by atoms with van der Waals surface area (Å²) >= 11 is 0. The van der Waals surface area contributed by atoms with Crippen LogP contribution in [0.3, 0.4) is 0 Å². The number of amides is 3. The number of rotatable bonds is 8. The van der Waals surface area contributed by atoms with E-state index in [0.717, 1.165) is 6.42 Å². The minimum absolute atomic E-state index is 0.0326. The van der Waals surface area contributed by atoms with Crippen molar-refractivity contribution in [3.05, 3.63) is 36.3 Å². The summed E-state index contributed by atoms with van der Waals surface area (Å²) in [6.07, 6.45) is 2.27. The van der Waals surface area contributed by atoms with Gasteiger partial charge in [0.15, 0.2) is 23.1 Å². The van der Waals surface area contributed by atoms with E-state index in [2.05, 4.69) is 36.2 Å². The van der Waals surface area contributed by atoms with Gasteiger partial charge in [0, 0.05) is 30.2 Å². The van der Waals surface area contributed by atoms with Crippen LogP contribution >= 0.6 is 0 Å². The average Bonchev–Trinajstić information content (AvgIpc) is 3.23. The normalized spacial score (nSPS) is 13.2. The molecule has 0 spiro atoms. The van der Waals surface area contributed by atoms with Gasteiger partial charge in [0.05, 0.1) is 24.0 Å². The summed E-state index contributed by atoms with van der Waals surface area (Å²) in [5.74, 6) is -0.172. The van der Waals surface area contributed by atoms with Gasteiger partial charge in [-0.1, -0.05) is 13.0 Å². The van der Waals surface area contributed by atoms with Crippen LogP contribution in [-0.2, 0) is 7.05 Å². The molecule has 0 fully saturated rings. The zero-order chi connectivity index (χ0) is 26.5. The lowest BCUT2D eigenvalue weighted by Crippen LogP contribution is -2.36. The van der Waals surface area contributed by atoms with Crippen molar-refractivity contribution >= 4 is 29.1 Å². The van der Waals surface area contributed by atoms with E-state index < -0.39 is 18.9 Å². The largest absolute Gasteiger partial charge is 0.494 e. The summed E-state index contributed by atoms with van der Waals surface area (Å²) in [7, 11) is 3.20. The fraction of sp³-hybridized carbons (Fsp3) is 0.333. The summed E-state index contributed by atoms with van der Waals surface area (Å²) in [5.41, 5.74) is 0.760. The Labute approximate surface area is 195 Å². The van der Waals surface area contributed by atoms with Gasteiger partial charge in [-0.3, -0.25) is 14.8 Å². The van der Waals surface area contributed by atoms with Crippen molar-refractivity contribution in [2.45, 2.75) is 26.3 Å². The molecule has 1 unspecified atom stereocenters. The minimum atomic E-state index is -2.74. The molecule has 3 aromatic rings. The van der Waals surface area contributed by atoms with E-state index in [1.54, 1.807) is 36.3 Å². The van der Waals surface area contributed by atoms with Crippen molar-refractivity contribution in [2.75, 3.05) is 24.7 Å². The van der Waals surface area contributed by atoms with Crippen molar-refractivity contribution in [1.29, 1.82) is 0 Å². The molecule has 12 nitrogen and oxygen atoms in total. The molecule has 0 aliphatic carbocycles. The number of ether oxygens (including phenoxy) is 1. The van der Waals surface area contributed by atoms with E-state index in [4.69, 9.17) is 8.85 Å². The lowest BCUT2D eigenvalue weighted by Gasteiger charge is -2.16. The first-order chi connectivity index (χ1) is 17.0. The highest BCUT2D eigenvalue weighted by molar-refractivity contribution is 5.99. The van der Waals surface area contributed by atoms with Crippen LogP contribution in [0.15, 0.2) is 30.6 Å². The third kappa shape index (κ3) is 5.53. The Bertz CT molecular complexity index is 1250.